The minimum absolute atomic E-state index is 0.746. The Hall–Kier alpha value is -0.660. The van der Waals surface area contributed by atoms with Crippen molar-refractivity contribution in [2.45, 2.75) is 51.4 Å². The van der Waals surface area contributed by atoms with Gasteiger partial charge < -0.3 is 0 Å². The Balaban J connectivity index is 1.38. The van der Waals surface area contributed by atoms with Gasteiger partial charge in [-0.3, -0.25) is 0 Å². The number of nitrogens with zero attached hydrogens (tertiary/aromatic N) is 2. The lowest BCUT2D eigenvalue weighted by Crippen LogP contribution is -2.26. The lowest BCUT2D eigenvalue weighted by molar-refractivity contribution is 0.471. The molecule has 0 unspecified atom stereocenters. The quantitative estimate of drug-likeness (QED) is 0.565. The van der Waals surface area contributed by atoms with Crippen molar-refractivity contribution in [3.8, 4) is 0 Å². The number of rotatable bonds is 1. The molecule has 4 saturated carbocycles. The van der Waals surface area contributed by atoms with Gasteiger partial charge in [0.25, 0.3) is 0 Å². The maximum atomic E-state index is 4.39. The normalized spacial score (nSPS) is 33.7. The van der Waals surface area contributed by atoms with E-state index in [0.717, 1.165) is 10.8 Å². The van der Waals surface area contributed by atoms with Gasteiger partial charge in [0, 0.05) is 11.4 Å². The van der Waals surface area contributed by atoms with Gasteiger partial charge in [0.05, 0.1) is 0 Å². The van der Waals surface area contributed by atoms with Crippen LogP contribution in [-0.4, -0.2) is 11.4 Å². The molecule has 0 N–H and O–H groups in total. The zero-order valence-corrected chi connectivity index (χ0v) is 8.55. The molecule has 74 valence electrons. The molecule has 0 radical (unpaired) electrons. The van der Waals surface area contributed by atoms with Crippen LogP contribution in [0.3, 0.4) is 0 Å². The average molecular weight is 188 g/mol. The molecule has 2 heteroatoms. The van der Waals surface area contributed by atoms with Gasteiger partial charge in [-0.05, 0) is 62.2 Å². The van der Waals surface area contributed by atoms with E-state index in [1.165, 1.54) is 62.8 Å². The second kappa shape index (κ2) is 2.12. The highest BCUT2D eigenvalue weighted by Crippen LogP contribution is 2.60. The van der Waals surface area contributed by atoms with Crippen LogP contribution in [0.4, 0.5) is 0 Å². The Morgan fingerprint density at radius 3 is 1.29 bits per heavy atom. The first-order valence-corrected chi connectivity index (χ1v) is 5.89. The topological polar surface area (TPSA) is 24.7 Å². The summed E-state index contributed by atoms with van der Waals surface area (Å²) in [5, 5.41) is 8.77. The molecule has 2 nitrogen and oxygen atoms in total. The molecule has 0 aliphatic heterocycles. The highest BCUT2D eigenvalue weighted by Gasteiger charge is 2.52. The monoisotopic (exact) mass is 188 g/mol. The van der Waals surface area contributed by atoms with Gasteiger partial charge in [-0.15, -0.1) is 0 Å². The van der Waals surface area contributed by atoms with Crippen LogP contribution in [0.25, 0.3) is 0 Å². The fourth-order valence-electron chi connectivity index (χ4n) is 2.97. The van der Waals surface area contributed by atoms with E-state index in [0.29, 0.717) is 0 Å². The summed E-state index contributed by atoms with van der Waals surface area (Å²) in [6.07, 6.45) is 10.8. The Bertz CT molecular complexity index is 301. The van der Waals surface area contributed by atoms with E-state index in [-0.39, 0.29) is 0 Å². The van der Waals surface area contributed by atoms with Crippen molar-refractivity contribution in [3.05, 3.63) is 0 Å². The molecule has 4 fully saturated rings. The zero-order chi connectivity index (χ0) is 9.23. The standard InChI is InChI=1S/C12H16N2/c1-2-11(1)5-9(6-11)13-14-10-7-12(8-10)3-4-12/h1-8H2. The molecule has 0 aromatic rings. The smallest absolute Gasteiger partial charge is 0.0417 e. The predicted octanol–water partition coefficient (Wildman–Crippen LogP) is 2.93. The van der Waals surface area contributed by atoms with Gasteiger partial charge in [-0.25, -0.2) is 0 Å². The van der Waals surface area contributed by atoms with Gasteiger partial charge in [0.15, 0.2) is 0 Å². The second-order valence-corrected chi connectivity index (χ2v) is 6.04. The summed E-state index contributed by atoms with van der Waals surface area (Å²) < 4.78 is 0. The Morgan fingerprint density at radius 2 is 1.00 bits per heavy atom. The largest absolute Gasteiger partial charge is 0.160 e. The van der Waals surface area contributed by atoms with Gasteiger partial charge in [-0.1, -0.05) is 0 Å². The van der Waals surface area contributed by atoms with Crippen LogP contribution < -0.4 is 0 Å². The van der Waals surface area contributed by atoms with E-state index in [1.807, 2.05) is 0 Å². The third kappa shape index (κ3) is 1.03. The van der Waals surface area contributed by atoms with Crippen LogP contribution >= 0.6 is 0 Å². The first-order chi connectivity index (χ1) is 6.78. The van der Waals surface area contributed by atoms with Crippen molar-refractivity contribution >= 4 is 11.4 Å². The lowest BCUT2D eigenvalue weighted by atomic mass is 9.79. The summed E-state index contributed by atoms with van der Waals surface area (Å²) in [6, 6.07) is 0. The summed E-state index contributed by atoms with van der Waals surface area (Å²) in [5.41, 5.74) is 4.23. The zero-order valence-electron chi connectivity index (χ0n) is 8.55. The fourth-order valence-corrected chi connectivity index (χ4v) is 2.97. The molecule has 0 amide bonds. The minimum atomic E-state index is 0.746. The van der Waals surface area contributed by atoms with Crippen molar-refractivity contribution in [1.29, 1.82) is 0 Å². The molecular weight excluding hydrogens is 172 g/mol. The summed E-state index contributed by atoms with van der Waals surface area (Å²) in [7, 11) is 0. The first-order valence-electron chi connectivity index (χ1n) is 5.89. The molecule has 4 aliphatic carbocycles. The SMILES string of the molecule is C1CC12CC(=NN=C1CC3(CC3)C1)C2. The molecular formula is C12H16N2. The Labute approximate surface area is 84.5 Å². The third-order valence-electron chi connectivity index (χ3n) is 4.56. The fraction of sp³-hybridized carbons (Fsp3) is 0.833. The van der Waals surface area contributed by atoms with Crippen molar-refractivity contribution in [1.82, 2.24) is 0 Å². The van der Waals surface area contributed by atoms with Crippen molar-refractivity contribution in [3.63, 3.8) is 0 Å². The van der Waals surface area contributed by atoms with Gasteiger partial charge >= 0.3 is 0 Å². The van der Waals surface area contributed by atoms with E-state index in [1.54, 1.807) is 0 Å². The Kier molecular flexibility index (Phi) is 1.15. The maximum Gasteiger partial charge on any atom is 0.0417 e. The molecule has 0 bridgehead atoms. The van der Waals surface area contributed by atoms with Crippen LogP contribution in [0.1, 0.15) is 51.4 Å². The molecule has 0 saturated heterocycles. The predicted molar refractivity (Wildman–Crippen MR) is 56.7 cm³/mol. The van der Waals surface area contributed by atoms with Crippen molar-refractivity contribution < 1.29 is 0 Å². The average Bonchev–Trinajstić information content (AvgIpc) is 2.90. The van der Waals surface area contributed by atoms with Crippen molar-refractivity contribution in [2.24, 2.45) is 21.0 Å². The van der Waals surface area contributed by atoms with Gasteiger partial charge in [-0.2, -0.15) is 10.2 Å². The lowest BCUT2D eigenvalue weighted by Gasteiger charge is -2.28. The molecule has 14 heavy (non-hydrogen) atoms. The van der Waals surface area contributed by atoms with E-state index in [4.69, 9.17) is 0 Å². The third-order valence-corrected chi connectivity index (χ3v) is 4.56. The Morgan fingerprint density at radius 1 is 0.643 bits per heavy atom. The maximum absolute atomic E-state index is 4.39. The summed E-state index contributed by atoms with van der Waals surface area (Å²) in [5.74, 6) is 0. The highest BCUT2D eigenvalue weighted by atomic mass is 15.2. The molecule has 0 atom stereocenters. The van der Waals surface area contributed by atoms with Crippen molar-refractivity contribution in [2.75, 3.05) is 0 Å². The van der Waals surface area contributed by atoms with Crippen LogP contribution in [0, 0.1) is 10.8 Å². The molecule has 0 aromatic carbocycles. The number of hydrogen-bond acceptors (Lipinski definition) is 2. The van der Waals surface area contributed by atoms with Crippen LogP contribution in [0.2, 0.25) is 0 Å². The van der Waals surface area contributed by atoms with E-state index < -0.39 is 0 Å². The van der Waals surface area contributed by atoms with Crippen LogP contribution in [-0.2, 0) is 0 Å². The molecule has 0 heterocycles. The van der Waals surface area contributed by atoms with Crippen LogP contribution in [0.5, 0.6) is 0 Å². The summed E-state index contributed by atoms with van der Waals surface area (Å²) in [6.45, 7) is 0. The van der Waals surface area contributed by atoms with Gasteiger partial charge in [0.2, 0.25) is 0 Å². The number of hydrogen-bond donors (Lipinski definition) is 0. The second-order valence-electron chi connectivity index (χ2n) is 6.04. The summed E-state index contributed by atoms with van der Waals surface area (Å²) in [4.78, 5) is 0. The molecule has 2 spiro atoms. The highest BCUT2D eigenvalue weighted by molar-refractivity contribution is 5.95. The molecule has 0 aromatic heterocycles. The minimum Gasteiger partial charge on any atom is -0.160 e. The summed E-state index contributed by atoms with van der Waals surface area (Å²) >= 11 is 0. The first kappa shape index (κ1) is 7.61. The molecule has 4 rings (SSSR count). The van der Waals surface area contributed by atoms with E-state index >= 15 is 0 Å². The van der Waals surface area contributed by atoms with Gasteiger partial charge in [0.1, 0.15) is 0 Å². The van der Waals surface area contributed by atoms with E-state index in [2.05, 4.69) is 10.2 Å². The van der Waals surface area contributed by atoms with Crippen LogP contribution in [0.15, 0.2) is 10.2 Å². The molecule has 4 aliphatic rings. The van der Waals surface area contributed by atoms with E-state index in [9.17, 15) is 0 Å².